The van der Waals surface area contributed by atoms with Crippen molar-refractivity contribution in [1.29, 1.82) is 0 Å². The van der Waals surface area contributed by atoms with Crippen molar-refractivity contribution in [3.63, 3.8) is 0 Å². The largest absolute Gasteiger partial charge is 0.480 e. The van der Waals surface area contributed by atoms with Crippen molar-refractivity contribution >= 4 is 5.97 Å². The summed E-state index contributed by atoms with van der Waals surface area (Å²) in [7, 11) is 0. The molecule has 4 bridgehead atoms. The average molecular weight is 263 g/mol. The van der Waals surface area contributed by atoms with Crippen LogP contribution in [0.25, 0.3) is 0 Å². The zero-order chi connectivity index (χ0) is 13.0. The van der Waals surface area contributed by atoms with Crippen molar-refractivity contribution in [1.82, 2.24) is 4.90 Å². The van der Waals surface area contributed by atoms with Crippen LogP contribution in [0.5, 0.6) is 0 Å². The Morgan fingerprint density at radius 1 is 1.00 bits per heavy atom. The molecule has 1 saturated heterocycles. The van der Waals surface area contributed by atoms with Crippen LogP contribution in [-0.2, 0) is 4.79 Å². The number of hydrogen-bond donors (Lipinski definition) is 1. The van der Waals surface area contributed by atoms with Crippen LogP contribution in [0.2, 0.25) is 0 Å². The first-order valence-corrected chi connectivity index (χ1v) is 8.13. The third-order valence-electron chi connectivity index (χ3n) is 6.51. The zero-order valence-corrected chi connectivity index (χ0v) is 11.6. The highest BCUT2D eigenvalue weighted by Gasteiger charge is 2.51. The summed E-state index contributed by atoms with van der Waals surface area (Å²) in [4.78, 5) is 13.0. The van der Waals surface area contributed by atoms with Gasteiger partial charge in [0.15, 0.2) is 0 Å². The second-order valence-corrected chi connectivity index (χ2v) is 7.69. The van der Waals surface area contributed by atoms with Crippen molar-refractivity contribution < 1.29 is 9.90 Å². The van der Waals surface area contributed by atoms with E-state index in [1.807, 2.05) is 0 Å². The lowest BCUT2D eigenvalue weighted by Crippen LogP contribution is -2.48. The highest BCUT2D eigenvalue weighted by molar-refractivity contribution is 5.69. The molecule has 19 heavy (non-hydrogen) atoms. The third kappa shape index (κ3) is 2.10. The zero-order valence-electron chi connectivity index (χ0n) is 11.6. The molecule has 1 atom stereocenters. The maximum absolute atomic E-state index is 10.8. The highest BCUT2D eigenvalue weighted by atomic mass is 16.4. The molecule has 4 aliphatic carbocycles. The SMILES string of the molecule is O=C(O)CN1CCC(C2C3CC4CC(C3)CC2C4)C1. The minimum Gasteiger partial charge on any atom is -0.480 e. The number of rotatable bonds is 3. The minimum absolute atomic E-state index is 0.254. The van der Waals surface area contributed by atoms with E-state index in [2.05, 4.69) is 4.90 Å². The first-order chi connectivity index (χ1) is 9.19. The molecule has 4 saturated carbocycles. The van der Waals surface area contributed by atoms with E-state index < -0.39 is 5.97 Å². The van der Waals surface area contributed by atoms with Crippen LogP contribution in [-0.4, -0.2) is 35.6 Å². The summed E-state index contributed by atoms with van der Waals surface area (Å²) in [6, 6.07) is 0. The third-order valence-corrected chi connectivity index (χ3v) is 6.51. The number of carboxylic acids is 1. The van der Waals surface area contributed by atoms with Gasteiger partial charge in [0, 0.05) is 6.54 Å². The summed E-state index contributed by atoms with van der Waals surface area (Å²) in [6.07, 6.45) is 8.75. The van der Waals surface area contributed by atoms with Gasteiger partial charge in [-0.05, 0) is 80.6 Å². The van der Waals surface area contributed by atoms with Crippen LogP contribution in [0.1, 0.15) is 38.5 Å². The molecule has 0 spiro atoms. The monoisotopic (exact) mass is 263 g/mol. The maximum Gasteiger partial charge on any atom is 0.317 e. The number of aliphatic carboxylic acids is 1. The normalized spacial score (nSPS) is 48.8. The van der Waals surface area contributed by atoms with Crippen molar-refractivity contribution in [3.05, 3.63) is 0 Å². The molecule has 1 heterocycles. The van der Waals surface area contributed by atoms with Gasteiger partial charge in [-0.25, -0.2) is 0 Å². The summed E-state index contributed by atoms with van der Waals surface area (Å²) < 4.78 is 0. The lowest BCUT2D eigenvalue weighted by molar-refractivity contribution is -0.138. The predicted octanol–water partition coefficient (Wildman–Crippen LogP) is 2.47. The minimum atomic E-state index is -0.661. The molecule has 5 fully saturated rings. The van der Waals surface area contributed by atoms with Crippen molar-refractivity contribution in [2.24, 2.45) is 35.5 Å². The lowest BCUT2D eigenvalue weighted by Gasteiger charge is -2.56. The van der Waals surface area contributed by atoms with E-state index >= 15 is 0 Å². The van der Waals surface area contributed by atoms with Gasteiger partial charge >= 0.3 is 5.97 Å². The Hall–Kier alpha value is -0.570. The Kier molecular flexibility index (Phi) is 2.87. The number of carbonyl (C=O) groups is 1. The summed E-state index contributed by atoms with van der Waals surface area (Å²) >= 11 is 0. The number of likely N-dealkylation sites (tertiary alicyclic amines) is 1. The predicted molar refractivity (Wildman–Crippen MR) is 72.7 cm³/mol. The second-order valence-electron chi connectivity index (χ2n) is 7.69. The van der Waals surface area contributed by atoms with E-state index in [0.717, 1.165) is 48.6 Å². The van der Waals surface area contributed by atoms with Crippen LogP contribution in [0.4, 0.5) is 0 Å². The molecule has 0 aromatic carbocycles. The van der Waals surface area contributed by atoms with Gasteiger partial charge in [0.05, 0.1) is 6.54 Å². The second kappa shape index (κ2) is 4.47. The molecule has 5 aliphatic rings. The molecule has 0 aromatic heterocycles. The Labute approximate surface area is 115 Å². The Morgan fingerprint density at radius 2 is 1.63 bits per heavy atom. The van der Waals surface area contributed by atoms with Crippen LogP contribution < -0.4 is 0 Å². The average Bonchev–Trinajstić information content (AvgIpc) is 2.75. The van der Waals surface area contributed by atoms with Gasteiger partial charge in [-0.2, -0.15) is 0 Å². The van der Waals surface area contributed by atoms with E-state index in [-0.39, 0.29) is 6.54 Å². The van der Waals surface area contributed by atoms with E-state index in [1.54, 1.807) is 0 Å². The molecule has 1 N–H and O–H groups in total. The van der Waals surface area contributed by atoms with Crippen LogP contribution in [0.3, 0.4) is 0 Å². The Bertz CT molecular complexity index is 353. The maximum atomic E-state index is 10.8. The van der Waals surface area contributed by atoms with E-state index in [4.69, 9.17) is 5.11 Å². The first-order valence-electron chi connectivity index (χ1n) is 8.13. The molecule has 0 amide bonds. The van der Waals surface area contributed by atoms with Gasteiger partial charge in [0.1, 0.15) is 0 Å². The van der Waals surface area contributed by atoms with Crippen molar-refractivity contribution in [2.45, 2.75) is 38.5 Å². The Morgan fingerprint density at radius 3 is 2.21 bits per heavy atom. The smallest absolute Gasteiger partial charge is 0.317 e. The molecule has 1 unspecified atom stereocenters. The lowest BCUT2D eigenvalue weighted by atomic mass is 9.49. The number of carboxylic acid groups (broad SMARTS) is 1. The topological polar surface area (TPSA) is 40.5 Å². The molecule has 0 radical (unpaired) electrons. The molecular formula is C16H25NO2. The van der Waals surface area contributed by atoms with Crippen molar-refractivity contribution in [2.75, 3.05) is 19.6 Å². The highest BCUT2D eigenvalue weighted by Crippen LogP contribution is 2.59. The molecular weight excluding hydrogens is 238 g/mol. The molecule has 5 rings (SSSR count). The van der Waals surface area contributed by atoms with Gasteiger partial charge in [-0.1, -0.05) is 0 Å². The fraction of sp³-hybridized carbons (Fsp3) is 0.938. The fourth-order valence-corrected chi connectivity index (χ4v) is 6.25. The molecule has 0 aromatic rings. The summed E-state index contributed by atoms with van der Waals surface area (Å²) in [6.45, 7) is 2.32. The van der Waals surface area contributed by atoms with E-state index in [1.165, 1.54) is 38.5 Å². The summed E-state index contributed by atoms with van der Waals surface area (Å²) in [5.74, 6) is 5.16. The van der Waals surface area contributed by atoms with Gasteiger partial charge in [0.25, 0.3) is 0 Å². The van der Waals surface area contributed by atoms with Gasteiger partial charge < -0.3 is 5.11 Å². The standard InChI is InChI=1S/C16H25NO2/c18-15(19)9-17-2-1-12(8-17)16-13-4-10-3-11(6-13)7-14(16)5-10/h10-14,16H,1-9H2,(H,18,19). The fourth-order valence-electron chi connectivity index (χ4n) is 6.25. The van der Waals surface area contributed by atoms with Gasteiger partial charge in [-0.15, -0.1) is 0 Å². The van der Waals surface area contributed by atoms with Crippen LogP contribution >= 0.6 is 0 Å². The first kappa shape index (κ1) is 12.2. The van der Waals surface area contributed by atoms with Gasteiger partial charge in [0.2, 0.25) is 0 Å². The quantitative estimate of drug-likeness (QED) is 0.850. The number of nitrogens with zero attached hydrogens (tertiary/aromatic N) is 1. The van der Waals surface area contributed by atoms with Crippen LogP contribution in [0, 0.1) is 35.5 Å². The van der Waals surface area contributed by atoms with Crippen molar-refractivity contribution in [3.8, 4) is 0 Å². The van der Waals surface area contributed by atoms with E-state index in [0.29, 0.717) is 0 Å². The summed E-state index contributed by atoms with van der Waals surface area (Å²) in [5.41, 5.74) is 0. The number of hydrogen-bond acceptors (Lipinski definition) is 2. The Balaban J connectivity index is 1.44. The molecule has 3 heteroatoms. The molecule has 1 aliphatic heterocycles. The van der Waals surface area contributed by atoms with E-state index in [9.17, 15) is 4.79 Å². The summed E-state index contributed by atoms with van der Waals surface area (Å²) in [5, 5.41) is 8.93. The molecule has 3 nitrogen and oxygen atoms in total. The van der Waals surface area contributed by atoms with Gasteiger partial charge in [-0.3, -0.25) is 9.69 Å². The molecule has 106 valence electrons. The van der Waals surface area contributed by atoms with Crippen LogP contribution in [0.15, 0.2) is 0 Å².